The zero-order chi connectivity index (χ0) is 23.5. The quantitative estimate of drug-likeness (QED) is 0.636. The molecule has 3 fully saturated rings. The number of aromatic nitrogens is 2. The molecule has 1 N–H and O–H groups in total. The number of amides is 1. The lowest BCUT2D eigenvalue weighted by Crippen LogP contribution is -2.50. The van der Waals surface area contributed by atoms with E-state index in [1.165, 1.54) is 43.4 Å². The van der Waals surface area contributed by atoms with Crippen molar-refractivity contribution in [3.05, 3.63) is 40.7 Å². The van der Waals surface area contributed by atoms with E-state index in [1.54, 1.807) is 6.20 Å². The van der Waals surface area contributed by atoms with Crippen molar-refractivity contribution >= 4 is 22.4 Å². The monoisotopic (exact) mass is 491 g/mol. The van der Waals surface area contributed by atoms with Crippen LogP contribution in [0.5, 0.6) is 0 Å². The van der Waals surface area contributed by atoms with Gasteiger partial charge < -0.3 is 15.0 Å². The number of likely N-dealkylation sites (tertiary alicyclic amines) is 1. The third kappa shape index (κ3) is 5.55. The second-order valence-electron chi connectivity index (χ2n) is 9.44. The fraction of sp³-hybridized carbons (Fsp3) is 0.625. The van der Waals surface area contributed by atoms with Gasteiger partial charge in [-0.05, 0) is 51.5 Å². The molecule has 0 spiro atoms. The van der Waals surface area contributed by atoms with Crippen LogP contribution in [0, 0.1) is 11.6 Å². The second kappa shape index (κ2) is 10.6. The summed E-state index contributed by atoms with van der Waals surface area (Å²) < 4.78 is 33.0. The smallest absolute Gasteiger partial charge is 0.263 e. The summed E-state index contributed by atoms with van der Waals surface area (Å²) in [7, 11) is 0. The number of piperidine rings is 2. The Morgan fingerprint density at radius 1 is 1.06 bits per heavy atom. The van der Waals surface area contributed by atoms with Crippen LogP contribution in [0.1, 0.15) is 60.3 Å². The van der Waals surface area contributed by atoms with E-state index in [-0.39, 0.29) is 18.1 Å². The maximum atomic E-state index is 13.7. The molecular weight excluding hydrogens is 460 g/mol. The first-order valence-electron chi connectivity index (χ1n) is 12.2. The van der Waals surface area contributed by atoms with E-state index in [1.807, 2.05) is 0 Å². The van der Waals surface area contributed by atoms with Gasteiger partial charge in [-0.15, -0.1) is 0 Å². The molecule has 1 saturated carbocycles. The normalized spacial score (nSPS) is 22.5. The molecule has 10 heteroatoms. The average molecular weight is 492 g/mol. The summed E-state index contributed by atoms with van der Waals surface area (Å²) in [5.74, 6) is -1.86. The van der Waals surface area contributed by atoms with E-state index >= 15 is 0 Å². The number of rotatable bonds is 7. The number of hydrogen-bond donors (Lipinski definition) is 1. The molecule has 3 aliphatic rings. The molecule has 5 rings (SSSR count). The number of thiazole rings is 1. The molecule has 184 valence electrons. The minimum absolute atomic E-state index is 0.000371. The van der Waals surface area contributed by atoms with Crippen molar-refractivity contribution in [2.24, 2.45) is 0 Å². The maximum Gasteiger partial charge on any atom is 0.263 e. The van der Waals surface area contributed by atoms with Crippen LogP contribution in [-0.2, 0) is 11.3 Å². The minimum Gasteiger partial charge on any atom is -0.374 e. The van der Waals surface area contributed by atoms with Gasteiger partial charge in [0.05, 0.1) is 36.8 Å². The van der Waals surface area contributed by atoms with Gasteiger partial charge in [0, 0.05) is 31.7 Å². The van der Waals surface area contributed by atoms with Crippen LogP contribution in [0.4, 0.5) is 13.9 Å². The van der Waals surface area contributed by atoms with Crippen molar-refractivity contribution in [3.8, 4) is 0 Å². The highest BCUT2D eigenvalue weighted by Gasteiger charge is 2.32. The van der Waals surface area contributed by atoms with Gasteiger partial charge in [-0.2, -0.15) is 0 Å². The molecule has 2 saturated heterocycles. The van der Waals surface area contributed by atoms with Crippen molar-refractivity contribution in [1.82, 2.24) is 20.2 Å². The highest BCUT2D eigenvalue weighted by Crippen LogP contribution is 2.30. The average Bonchev–Trinajstić information content (AvgIpc) is 3.32. The third-order valence-corrected chi connectivity index (χ3v) is 8.17. The van der Waals surface area contributed by atoms with Gasteiger partial charge in [-0.25, -0.2) is 13.8 Å². The molecule has 0 unspecified atom stereocenters. The van der Waals surface area contributed by atoms with E-state index in [0.717, 1.165) is 56.4 Å². The zero-order valence-corrected chi connectivity index (χ0v) is 20.0. The number of pyridine rings is 1. The van der Waals surface area contributed by atoms with Gasteiger partial charge >= 0.3 is 0 Å². The third-order valence-electron chi connectivity index (χ3n) is 7.12. The maximum absolute atomic E-state index is 13.7. The molecule has 34 heavy (non-hydrogen) atoms. The summed E-state index contributed by atoms with van der Waals surface area (Å²) >= 11 is 1.34. The van der Waals surface area contributed by atoms with Gasteiger partial charge in [0.1, 0.15) is 16.5 Å². The Labute approximate surface area is 202 Å². The Morgan fingerprint density at radius 2 is 1.85 bits per heavy atom. The topological polar surface area (TPSA) is 70.6 Å². The highest BCUT2D eigenvalue weighted by atomic mass is 32.1. The number of nitrogens with one attached hydrogen (secondary N) is 1. The van der Waals surface area contributed by atoms with Crippen molar-refractivity contribution in [2.75, 3.05) is 31.1 Å². The van der Waals surface area contributed by atoms with Crippen LogP contribution in [0.25, 0.3) is 0 Å². The van der Waals surface area contributed by atoms with Gasteiger partial charge in [0.25, 0.3) is 5.91 Å². The van der Waals surface area contributed by atoms with E-state index in [2.05, 4.69) is 25.1 Å². The summed E-state index contributed by atoms with van der Waals surface area (Å²) in [4.78, 5) is 26.0. The second-order valence-corrected chi connectivity index (χ2v) is 10.4. The predicted octanol–water partition coefficient (Wildman–Crippen LogP) is 3.75. The van der Waals surface area contributed by atoms with E-state index in [9.17, 15) is 13.6 Å². The molecule has 4 heterocycles. The lowest BCUT2D eigenvalue weighted by molar-refractivity contribution is -0.0842. The molecule has 0 aromatic carbocycles. The zero-order valence-electron chi connectivity index (χ0n) is 19.2. The van der Waals surface area contributed by atoms with Crippen LogP contribution in [0.2, 0.25) is 0 Å². The van der Waals surface area contributed by atoms with Crippen LogP contribution in [-0.4, -0.2) is 65.2 Å². The molecule has 7 nitrogen and oxygen atoms in total. The lowest BCUT2D eigenvalue weighted by Gasteiger charge is -2.43. The Morgan fingerprint density at radius 3 is 2.59 bits per heavy atom. The summed E-state index contributed by atoms with van der Waals surface area (Å²) in [6.45, 7) is 3.92. The van der Waals surface area contributed by atoms with E-state index in [0.29, 0.717) is 23.1 Å². The molecule has 1 amide bonds. The Hall–Kier alpha value is -2.17. The van der Waals surface area contributed by atoms with Gasteiger partial charge in [-0.1, -0.05) is 11.3 Å². The molecule has 1 atom stereocenters. The number of ether oxygens (including phenoxy) is 1. The highest BCUT2D eigenvalue weighted by molar-refractivity contribution is 7.17. The number of carbonyl (C=O) groups excluding carboxylic acids is 1. The molecule has 2 aromatic rings. The SMILES string of the molecule is O=C(NCc1ncc(F)cc1F)c1cnc(N2CCC(N3CCC[C@@H](OC4CCC4)C3)CC2)s1. The fourth-order valence-electron chi connectivity index (χ4n) is 4.95. The summed E-state index contributed by atoms with van der Waals surface area (Å²) in [6.07, 6.45) is 11.7. The Bertz CT molecular complexity index is 993. The molecule has 0 radical (unpaired) electrons. The lowest BCUT2D eigenvalue weighted by atomic mass is 9.95. The standard InChI is InChI=1S/C24H31F2N5O2S/c25-16-11-20(26)21(27-12-16)13-28-23(32)22-14-29-24(34-22)30-9-6-17(7-10-30)31-8-2-5-19(15-31)33-18-3-1-4-18/h11-12,14,17-19H,1-10,13,15H2,(H,28,32)/t19-/m1/s1. The number of hydrogen-bond acceptors (Lipinski definition) is 7. The van der Waals surface area contributed by atoms with Crippen molar-refractivity contribution < 1.29 is 18.3 Å². The fourth-order valence-corrected chi connectivity index (χ4v) is 5.83. The van der Waals surface area contributed by atoms with Gasteiger partial charge in [0.15, 0.2) is 5.13 Å². The van der Waals surface area contributed by atoms with Crippen LogP contribution in [0.15, 0.2) is 18.5 Å². The Balaban J connectivity index is 1.09. The van der Waals surface area contributed by atoms with E-state index < -0.39 is 11.6 Å². The summed E-state index contributed by atoms with van der Waals surface area (Å²) in [5, 5.41) is 3.47. The first-order valence-corrected chi connectivity index (χ1v) is 13.0. The molecule has 2 aromatic heterocycles. The molecule has 1 aliphatic carbocycles. The predicted molar refractivity (Wildman–Crippen MR) is 126 cm³/mol. The first-order chi connectivity index (χ1) is 16.5. The van der Waals surface area contributed by atoms with Gasteiger partial charge in [0.2, 0.25) is 0 Å². The van der Waals surface area contributed by atoms with Gasteiger partial charge in [-0.3, -0.25) is 14.7 Å². The molecule has 2 aliphatic heterocycles. The number of carbonyl (C=O) groups is 1. The minimum atomic E-state index is -0.775. The molecular formula is C24H31F2N5O2S. The van der Waals surface area contributed by atoms with Crippen molar-refractivity contribution in [1.29, 1.82) is 0 Å². The number of anilines is 1. The Kier molecular flexibility index (Phi) is 7.36. The van der Waals surface area contributed by atoms with E-state index in [4.69, 9.17) is 4.74 Å². The van der Waals surface area contributed by atoms with Crippen molar-refractivity contribution in [3.63, 3.8) is 0 Å². The number of halogens is 2. The summed E-state index contributed by atoms with van der Waals surface area (Å²) in [6, 6.07) is 1.33. The summed E-state index contributed by atoms with van der Waals surface area (Å²) in [5.41, 5.74) is -0.000371. The largest absolute Gasteiger partial charge is 0.374 e. The first kappa shape index (κ1) is 23.6. The molecule has 0 bridgehead atoms. The van der Waals surface area contributed by atoms with Crippen LogP contribution >= 0.6 is 11.3 Å². The van der Waals surface area contributed by atoms with Crippen molar-refractivity contribution in [2.45, 2.75) is 69.7 Å². The van der Waals surface area contributed by atoms with Crippen LogP contribution < -0.4 is 10.2 Å². The number of nitrogens with zero attached hydrogens (tertiary/aromatic N) is 4. The van der Waals surface area contributed by atoms with Crippen LogP contribution in [0.3, 0.4) is 0 Å².